The van der Waals surface area contributed by atoms with Crippen molar-refractivity contribution in [1.82, 2.24) is 9.88 Å². The molecule has 0 saturated carbocycles. The van der Waals surface area contributed by atoms with Crippen molar-refractivity contribution >= 4 is 23.7 Å². The summed E-state index contributed by atoms with van der Waals surface area (Å²) in [7, 11) is 0. The van der Waals surface area contributed by atoms with Crippen molar-refractivity contribution in [3.05, 3.63) is 101 Å². The number of carbonyl (C=O) groups is 3. The van der Waals surface area contributed by atoms with Gasteiger partial charge in [0.2, 0.25) is 5.78 Å². The van der Waals surface area contributed by atoms with Crippen molar-refractivity contribution in [3.63, 3.8) is 0 Å². The van der Waals surface area contributed by atoms with Gasteiger partial charge < -0.3 is 15.0 Å². The van der Waals surface area contributed by atoms with Crippen molar-refractivity contribution in [2.24, 2.45) is 5.92 Å². The summed E-state index contributed by atoms with van der Waals surface area (Å²) < 4.78 is 1.94. The Morgan fingerprint density at radius 2 is 1.74 bits per heavy atom. The van der Waals surface area contributed by atoms with E-state index in [9.17, 15) is 19.5 Å². The molecule has 0 aliphatic carbocycles. The van der Waals surface area contributed by atoms with Crippen molar-refractivity contribution in [1.29, 1.82) is 0 Å². The third-order valence-corrected chi connectivity index (χ3v) is 5.59. The number of ketones is 1. The highest BCUT2D eigenvalue weighted by Gasteiger charge is 2.23. The van der Waals surface area contributed by atoms with Crippen molar-refractivity contribution in [2.75, 3.05) is 0 Å². The van der Waals surface area contributed by atoms with Gasteiger partial charge in [0.15, 0.2) is 0 Å². The summed E-state index contributed by atoms with van der Waals surface area (Å²) in [5, 5.41) is 11.9. The quantitative estimate of drug-likeness (QED) is 0.420. The smallest absolute Gasteiger partial charge is 0.326 e. The van der Waals surface area contributed by atoms with E-state index in [-0.39, 0.29) is 11.7 Å². The number of nitrogens with zero attached hydrogens (tertiary/aromatic N) is 1. The first-order valence-corrected chi connectivity index (χ1v) is 11.3. The van der Waals surface area contributed by atoms with Gasteiger partial charge in [-0.3, -0.25) is 9.59 Å². The first-order valence-electron chi connectivity index (χ1n) is 11.3. The van der Waals surface area contributed by atoms with Gasteiger partial charge in [-0.2, -0.15) is 0 Å². The lowest BCUT2D eigenvalue weighted by atomic mass is 10.0. The van der Waals surface area contributed by atoms with Crippen LogP contribution in [-0.2, 0) is 11.3 Å². The number of carboxylic acid groups (broad SMARTS) is 1. The van der Waals surface area contributed by atoms with Crippen molar-refractivity contribution in [3.8, 4) is 0 Å². The second-order valence-electron chi connectivity index (χ2n) is 8.63. The highest BCUT2D eigenvalue weighted by atomic mass is 16.4. The molecule has 1 amide bonds. The Morgan fingerprint density at radius 1 is 1.00 bits per heavy atom. The Morgan fingerprint density at radius 3 is 2.41 bits per heavy atom. The van der Waals surface area contributed by atoms with Gasteiger partial charge in [0.05, 0.1) is 5.69 Å². The van der Waals surface area contributed by atoms with Gasteiger partial charge in [0.1, 0.15) is 6.04 Å². The molecule has 6 heteroatoms. The summed E-state index contributed by atoms with van der Waals surface area (Å²) in [5.41, 5.74) is 3.67. The Bertz CT molecular complexity index is 1190. The van der Waals surface area contributed by atoms with Crippen LogP contribution in [0.3, 0.4) is 0 Å². The van der Waals surface area contributed by atoms with Gasteiger partial charge in [-0.05, 0) is 49.1 Å². The Hall–Kier alpha value is -3.93. The van der Waals surface area contributed by atoms with E-state index in [0.717, 1.165) is 11.1 Å². The van der Waals surface area contributed by atoms with Crippen LogP contribution in [0.1, 0.15) is 57.8 Å². The number of hydrogen-bond donors (Lipinski definition) is 2. The highest BCUT2D eigenvalue weighted by molar-refractivity contribution is 6.08. The van der Waals surface area contributed by atoms with Crippen LogP contribution in [0.25, 0.3) is 6.08 Å². The van der Waals surface area contributed by atoms with Gasteiger partial charge in [0, 0.05) is 23.9 Å². The monoisotopic (exact) mass is 458 g/mol. The first kappa shape index (κ1) is 24.7. The molecule has 1 heterocycles. The maximum atomic E-state index is 12.8. The van der Waals surface area contributed by atoms with E-state index in [1.165, 1.54) is 0 Å². The first-order chi connectivity index (χ1) is 16.3. The molecular formula is C28H30N2O4. The average Bonchev–Trinajstić information content (AvgIpc) is 3.28. The fourth-order valence-corrected chi connectivity index (χ4v) is 3.62. The maximum absolute atomic E-state index is 12.8. The van der Waals surface area contributed by atoms with Gasteiger partial charge in [-0.1, -0.05) is 68.0 Å². The fraction of sp³-hybridized carbons (Fsp3) is 0.250. The molecule has 0 aliphatic rings. The molecule has 0 saturated heterocycles. The molecule has 0 aliphatic heterocycles. The Kier molecular flexibility index (Phi) is 8.19. The van der Waals surface area contributed by atoms with E-state index < -0.39 is 17.9 Å². The SMILES string of the molecule is Cc1ccc(C(=O)c2cccn2CC/C=C/c2cccc(C(=O)N[C@H](C(=O)O)C(C)C)c2)cc1. The molecule has 0 fully saturated rings. The molecule has 2 aromatic carbocycles. The number of aryl methyl sites for hydroxylation is 2. The van der Waals surface area contributed by atoms with E-state index >= 15 is 0 Å². The third-order valence-electron chi connectivity index (χ3n) is 5.59. The molecule has 3 rings (SSSR count). The Labute approximate surface area is 199 Å². The van der Waals surface area contributed by atoms with Crippen LogP contribution in [0.4, 0.5) is 0 Å². The number of amides is 1. The van der Waals surface area contributed by atoms with Crippen LogP contribution in [0.5, 0.6) is 0 Å². The Balaban J connectivity index is 1.61. The zero-order chi connectivity index (χ0) is 24.7. The molecule has 2 N–H and O–H groups in total. The molecule has 0 unspecified atom stereocenters. The van der Waals surface area contributed by atoms with Crippen LogP contribution < -0.4 is 5.32 Å². The lowest BCUT2D eigenvalue weighted by Crippen LogP contribution is -2.44. The predicted molar refractivity (Wildman–Crippen MR) is 133 cm³/mol. The standard InChI is InChI=1S/C28H30N2O4/c1-19(2)25(28(33)34)29-27(32)23-10-6-9-21(18-23)8-4-5-16-30-17-7-11-24(30)26(31)22-14-12-20(3)13-15-22/h4,6-15,17-19,25H,5,16H2,1-3H3,(H,29,32)(H,33,34)/b8-4+/t25-/m0/s1. The summed E-state index contributed by atoms with van der Waals surface area (Å²) >= 11 is 0. The van der Waals surface area contributed by atoms with Gasteiger partial charge in [-0.15, -0.1) is 0 Å². The maximum Gasteiger partial charge on any atom is 0.326 e. The van der Waals surface area contributed by atoms with Crippen LogP contribution in [0.2, 0.25) is 0 Å². The van der Waals surface area contributed by atoms with Gasteiger partial charge in [-0.25, -0.2) is 4.79 Å². The molecule has 0 spiro atoms. The second-order valence-corrected chi connectivity index (χ2v) is 8.63. The molecule has 6 nitrogen and oxygen atoms in total. The number of carboxylic acids is 1. The molecule has 0 radical (unpaired) electrons. The molecule has 0 bridgehead atoms. The number of nitrogens with one attached hydrogen (secondary N) is 1. The van der Waals surface area contributed by atoms with E-state index in [4.69, 9.17) is 0 Å². The number of rotatable bonds is 10. The molecular weight excluding hydrogens is 428 g/mol. The van der Waals surface area contributed by atoms with Crippen molar-refractivity contribution in [2.45, 2.75) is 39.8 Å². The number of benzene rings is 2. The molecule has 1 atom stereocenters. The van der Waals surface area contributed by atoms with Gasteiger partial charge >= 0.3 is 5.97 Å². The minimum absolute atomic E-state index is 0.00578. The largest absolute Gasteiger partial charge is 0.480 e. The molecule has 34 heavy (non-hydrogen) atoms. The number of aliphatic carboxylic acids is 1. The predicted octanol–water partition coefficient (Wildman–Crippen LogP) is 4.97. The number of hydrogen-bond acceptors (Lipinski definition) is 3. The number of aromatic nitrogens is 1. The minimum Gasteiger partial charge on any atom is -0.480 e. The minimum atomic E-state index is -1.05. The van der Waals surface area contributed by atoms with E-state index in [0.29, 0.717) is 29.8 Å². The van der Waals surface area contributed by atoms with Crippen LogP contribution in [0, 0.1) is 12.8 Å². The van der Waals surface area contributed by atoms with E-state index in [1.807, 2.05) is 72.3 Å². The zero-order valence-electron chi connectivity index (χ0n) is 19.7. The second kappa shape index (κ2) is 11.3. The van der Waals surface area contributed by atoms with Crippen LogP contribution in [-0.4, -0.2) is 33.4 Å². The van der Waals surface area contributed by atoms with Gasteiger partial charge in [0.25, 0.3) is 5.91 Å². The molecule has 1 aromatic heterocycles. The zero-order valence-corrected chi connectivity index (χ0v) is 19.7. The van der Waals surface area contributed by atoms with Crippen molar-refractivity contribution < 1.29 is 19.5 Å². The fourth-order valence-electron chi connectivity index (χ4n) is 3.62. The lowest BCUT2D eigenvalue weighted by Gasteiger charge is -2.18. The topological polar surface area (TPSA) is 88.4 Å². The van der Waals surface area contributed by atoms with E-state index in [2.05, 4.69) is 5.32 Å². The summed E-state index contributed by atoms with van der Waals surface area (Å²) in [5.74, 6) is -1.69. The van der Waals surface area contributed by atoms with Crippen LogP contribution >= 0.6 is 0 Å². The summed E-state index contributed by atoms with van der Waals surface area (Å²) in [6.45, 7) is 6.14. The molecule has 176 valence electrons. The van der Waals surface area contributed by atoms with E-state index in [1.54, 1.807) is 32.0 Å². The lowest BCUT2D eigenvalue weighted by molar-refractivity contribution is -0.140. The molecule has 3 aromatic rings. The number of allylic oxidation sites excluding steroid dienone is 1. The third kappa shape index (κ3) is 6.32. The summed E-state index contributed by atoms with van der Waals surface area (Å²) in [4.78, 5) is 36.7. The normalized spacial score (nSPS) is 12.1. The number of carbonyl (C=O) groups excluding carboxylic acids is 2. The summed E-state index contributed by atoms with van der Waals surface area (Å²) in [6.07, 6.45) is 6.51. The van der Waals surface area contributed by atoms with Crippen LogP contribution in [0.15, 0.2) is 72.9 Å². The average molecular weight is 459 g/mol. The summed E-state index contributed by atoms with van der Waals surface area (Å²) in [6, 6.07) is 17.4. The highest BCUT2D eigenvalue weighted by Crippen LogP contribution is 2.14.